The van der Waals surface area contributed by atoms with Crippen molar-refractivity contribution in [2.45, 2.75) is 31.6 Å². The van der Waals surface area contributed by atoms with Crippen LogP contribution in [0.5, 0.6) is 0 Å². The van der Waals surface area contributed by atoms with Crippen LogP contribution in [0.4, 0.5) is 8.78 Å². The smallest absolute Gasteiger partial charge is 0.250 e. The van der Waals surface area contributed by atoms with Crippen LogP contribution in [-0.4, -0.2) is 63.5 Å². The van der Waals surface area contributed by atoms with E-state index in [0.29, 0.717) is 36.1 Å². The van der Waals surface area contributed by atoms with Gasteiger partial charge < -0.3 is 10.6 Å². The Morgan fingerprint density at radius 2 is 1.94 bits per heavy atom. The van der Waals surface area contributed by atoms with Crippen LogP contribution >= 0.6 is 0 Å². The molecule has 3 aromatic rings. The summed E-state index contributed by atoms with van der Waals surface area (Å²) in [6.45, 7) is 1.07. The van der Waals surface area contributed by atoms with Gasteiger partial charge in [-0.15, -0.1) is 0 Å². The molecule has 5 rings (SSSR count). The van der Waals surface area contributed by atoms with E-state index < -0.39 is 5.92 Å². The van der Waals surface area contributed by atoms with Gasteiger partial charge in [0.15, 0.2) is 12.1 Å². The minimum absolute atomic E-state index is 0.0312. The lowest BCUT2D eigenvalue weighted by Crippen LogP contribution is -2.36. The van der Waals surface area contributed by atoms with Crippen molar-refractivity contribution in [2.75, 3.05) is 20.1 Å². The number of aromatic nitrogens is 3. The number of likely N-dealkylation sites (tertiary alicyclic amines) is 1. The molecule has 3 aromatic heterocycles. The van der Waals surface area contributed by atoms with Crippen molar-refractivity contribution in [2.24, 2.45) is 16.6 Å². The SMILES string of the molecule is CN1CCC(F)(F)CC1.N=C(N=C(N)C1CC1)c1ccc(-n2ccc3cc(C=O)cnc32)cn1. The summed E-state index contributed by atoms with van der Waals surface area (Å²) in [5, 5.41) is 8.90. The highest BCUT2D eigenvalue weighted by Crippen LogP contribution is 2.29. The zero-order valence-electron chi connectivity index (χ0n) is 18.9. The molecule has 4 heterocycles. The Labute approximate surface area is 196 Å². The lowest BCUT2D eigenvalue weighted by Gasteiger charge is -2.28. The number of hydrogen-bond acceptors (Lipinski definition) is 5. The second-order valence-electron chi connectivity index (χ2n) is 8.71. The minimum Gasteiger partial charge on any atom is -0.387 e. The van der Waals surface area contributed by atoms with Gasteiger partial charge in [0.25, 0.3) is 5.92 Å². The van der Waals surface area contributed by atoms with Crippen molar-refractivity contribution in [1.82, 2.24) is 19.4 Å². The number of carbonyl (C=O) groups is 1. The van der Waals surface area contributed by atoms with Crippen molar-refractivity contribution in [3.63, 3.8) is 0 Å². The number of aliphatic imine (C=N–C) groups is 1. The first-order valence-electron chi connectivity index (χ1n) is 11.1. The van der Waals surface area contributed by atoms with E-state index in [1.165, 1.54) is 0 Å². The molecule has 0 radical (unpaired) electrons. The van der Waals surface area contributed by atoms with Crippen molar-refractivity contribution in [1.29, 1.82) is 5.41 Å². The zero-order chi connectivity index (χ0) is 24.3. The Balaban J connectivity index is 0.000000257. The maximum absolute atomic E-state index is 12.4. The van der Waals surface area contributed by atoms with E-state index in [0.717, 1.165) is 35.8 Å². The van der Waals surface area contributed by atoms with Gasteiger partial charge >= 0.3 is 0 Å². The third kappa shape index (κ3) is 5.69. The monoisotopic (exact) mass is 467 g/mol. The highest BCUT2D eigenvalue weighted by molar-refractivity contribution is 6.04. The fraction of sp³-hybridized carbons (Fsp3) is 0.375. The number of nitrogens with two attached hydrogens (primary N) is 1. The third-order valence-corrected chi connectivity index (χ3v) is 5.91. The van der Waals surface area contributed by atoms with Crippen LogP contribution in [0.25, 0.3) is 16.7 Å². The highest BCUT2D eigenvalue weighted by Gasteiger charge is 2.32. The molecule has 178 valence electrons. The van der Waals surface area contributed by atoms with E-state index in [9.17, 15) is 13.6 Å². The first-order valence-corrected chi connectivity index (χ1v) is 11.1. The molecule has 1 saturated carbocycles. The summed E-state index contributed by atoms with van der Waals surface area (Å²) in [4.78, 5) is 25.6. The summed E-state index contributed by atoms with van der Waals surface area (Å²) in [6.07, 6.45) is 8.02. The number of aldehydes is 1. The first kappa shape index (κ1) is 23.6. The van der Waals surface area contributed by atoms with E-state index in [1.54, 1.807) is 24.5 Å². The van der Waals surface area contributed by atoms with E-state index in [4.69, 9.17) is 11.1 Å². The average Bonchev–Trinajstić information content (AvgIpc) is 3.61. The summed E-state index contributed by atoms with van der Waals surface area (Å²) in [5.41, 5.74) is 8.43. The summed E-state index contributed by atoms with van der Waals surface area (Å²) < 4.78 is 26.6. The van der Waals surface area contributed by atoms with Crippen LogP contribution in [0.1, 0.15) is 41.7 Å². The molecule has 1 saturated heterocycles. The number of carbonyl (C=O) groups excluding carboxylic acids is 1. The number of amidine groups is 2. The van der Waals surface area contributed by atoms with Crippen LogP contribution in [-0.2, 0) is 0 Å². The molecule has 1 aliphatic heterocycles. The summed E-state index contributed by atoms with van der Waals surface area (Å²) >= 11 is 0. The van der Waals surface area contributed by atoms with E-state index in [2.05, 4.69) is 15.0 Å². The van der Waals surface area contributed by atoms with Crippen molar-refractivity contribution in [3.8, 4) is 5.69 Å². The molecule has 3 N–H and O–H groups in total. The highest BCUT2D eigenvalue weighted by atomic mass is 19.3. The second-order valence-corrected chi connectivity index (χ2v) is 8.71. The first-order chi connectivity index (χ1) is 16.3. The van der Waals surface area contributed by atoms with Crippen LogP contribution in [0.15, 0.2) is 47.8 Å². The molecule has 0 atom stereocenters. The van der Waals surface area contributed by atoms with Crippen LogP contribution < -0.4 is 5.73 Å². The summed E-state index contributed by atoms with van der Waals surface area (Å²) in [6, 6.07) is 7.28. The predicted octanol–water partition coefficient (Wildman–Crippen LogP) is 3.67. The molecule has 10 heteroatoms. The van der Waals surface area contributed by atoms with Crippen molar-refractivity contribution >= 4 is 29.0 Å². The Bertz CT molecular complexity index is 1210. The average molecular weight is 468 g/mol. The summed E-state index contributed by atoms with van der Waals surface area (Å²) in [5.74, 6) is -1.47. The van der Waals surface area contributed by atoms with Crippen LogP contribution in [0.3, 0.4) is 0 Å². The molecule has 2 aliphatic rings. The maximum atomic E-state index is 12.4. The number of fused-ring (bicyclic) bond motifs is 1. The quantitative estimate of drug-likeness (QED) is 0.345. The van der Waals surface area contributed by atoms with Gasteiger partial charge in [-0.25, -0.2) is 18.8 Å². The number of nitrogens with one attached hydrogen (secondary N) is 1. The Morgan fingerprint density at radius 3 is 2.53 bits per heavy atom. The Kier molecular flexibility index (Phi) is 6.78. The number of alkyl halides is 2. The molecule has 8 nitrogen and oxygen atoms in total. The molecule has 34 heavy (non-hydrogen) atoms. The molecule has 0 bridgehead atoms. The predicted molar refractivity (Wildman–Crippen MR) is 127 cm³/mol. The van der Waals surface area contributed by atoms with Crippen LogP contribution in [0, 0.1) is 11.3 Å². The summed E-state index contributed by atoms with van der Waals surface area (Å²) in [7, 11) is 1.87. The molecule has 0 aromatic carbocycles. The third-order valence-electron chi connectivity index (χ3n) is 5.91. The van der Waals surface area contributed by atoms with Gasteiger partial charge in [0.2, 0.25) is 0 Å². The van der Waals surface area contributed by atoms with Gasteiger partial charge in [-0.3, -0.25) is 19.8 Å². The lowest BCUT2D eigenvalue weighted by atomic mass is 10.1. The van der Waals surface area contributed by atoms with E-state index in [1.807, 2.05) is 34.8 Å². The standard InChI is InChI=1S/C18H16N6O.C6H11F2N/c19-16(12-1-2-12)23-17(20)15-4-3-14(9-21-15)24-6-5-13-7-11(10-25)8-22-18(13)24;1-9-4-2-6(7,8)3-5-9/h3-10,12H,1-2H2,(H3,19,20,23);2-5H2,1H3. The number of piperidine rings is 1. The van der Waals surface area contributed by atoms with Gasteiger partial charge in [0.05, 0.1) is 11.9 Å². The van der Waals surface area contributed by atoms with Gasteiger partial charge in [-0.2, -0.15) is 0 Å². The molecule has 0 unspecified atom stereocenters. The topological polar surface area (TPSA) is 113 Å². The minimum atomic E-state index is -2.38. The number of pyridine rings is 2. The fourth-order valence-electron chi connectivity index (χ4n) is 3.58. The molecule has 2 fully saturated rings. The van der Waals surface area contributed by atoms with E-state index in [-0.39, 0.29) is 18.7 Å². The molecule has 0 spiro atoms. The second kappa shape index (κ2) is 9.76. The van der Waals surface area contributed by atoms with Crippen LogP contribution in [0.2, 0.25) is 0 Å². The largest absolute Gasteiger partial charge is 0.387 e. The number of halogens is 2. The maximum Gasteiger partial charge on any atom is 0.250 e. The normalized spacial score (nSPS) is 18.3. The lowest BCUT2D eigenvalue weighted by molar-refractivity contribution is -0.0504. The zero-order valence-corrected chi connectivity index (χ0v) is 18.9. The van der Waals surface area contributed by atoms with E-state index >= 15 is 0 Å². The number of rotatable bonds is 4. The van der Waals surface area contributed by atoms with Crippen molar-refractivity contribution < 1.29 is 13.6 Å². The van der Waals surface area contributed by atoms with Gasteiger partial charge in [0.1, 0.15) is 17.2 Å². The molecule has 1 aliphatic carbocycles. The van der Waals surface area contributed by atoms with Gasteiger partial charge in [-0.1, -0.05) is 0 Å². The number of nitrogens with zero attached hydrogens (tertiary/aromatic N) is 5. The Morgan fingerprint density at radius 1 is 1.21 bits per heavy atom. The fourth-order valence-corrected chi connectivity index (χ4v) is 3.58. The Hall–Kier alpha value is -3.53. The van der Waals surface area contributed by atoms with Gasteiger partial charge in [-0.05, 0) is 44.2 Å². The molecular weight excluding hydrogens is 440 g/mol. The molecular formula is C24H27F2N7O. The van der Waals surface area contributed by atoms with Crippen molar-refractivity contribution in [3.05, 3.63) is 54.1 Å². The molecule has 0 amide bonds. The number of hydrogen-bond donors (Lipinski definition) is 2. The van der Waals surface area contributed by atoms with Gasteiger partial charge in [0, 0.05) is 55.2 Å².